The Morgan fingerprint density at radius 3 is 2.73 bits per heavy atom. The van der Waals surface area contributed by atoms with Crippen LogP contribution in [0, 0.1) is 12.8 Å². The van der Waals surface area contributed by atoms with Crippen LogP contribution in [-0.4, -0.2) is 16.0 Å². The predicted octanol–water partition coefficient (Wildman–Crippen LogP) is 2.63. The molecule has 2 N–H and O–H groups in total. The van der Waals surface area contributed by atoms with Gasteiger partial charge in [-0.25, -0.2) is 4.98 Å². The molecule has 0 amide bonds. The Bertz CT molecular complexity index is 280. The molecular weight excluding hydrogens is 186 g/mol. The van der Waals surface area contributed by atoms with Crippen LogP contribution in [0.3, 0.4) is 0 Å². The third-order valence-corrected chi connectivity index (χ3v) is 3.01. The third-order valence-electron chi connectivity index (χ3n) is 3.01. The summed E-state index contributed by atoms with van der Waals surface area (Å²) in [7, 11) is 0. The van der Waals surface area contributed by atoms with E-state index in [1.165, 1.54) is 18.5 Å². The Morgan fingerprint density at radius 1 is 1.47 bits per heavy atom. The predicted molar refractivity (Wildman–Crippen MR) is 63.7 cm³/mol. The van der Waals surface area contributed by atoms with E-state index in [9.17, 15) is 0 Å². The van der Waals surface area contributed by atoms with Gasteiger partial charge in [0.1, 0.15) is 0 Å². The fraction of sp³-hybridized carbons (Fsp3) is 0.750. The number of hydrogen-bond donors (Lipinski definition) is 2. The Hall–Kier alpha value is -0.830. The quantitative estimate of drug-likeness (QED) is 0.756. The van der Waals surface area contributed by atoms with E-state index >= 15 is 0 Å². The van der Waals surface area contributed by atoms with Gasteiger partial charge in [-0.05, 0) is 26.2 Å². The van der Waals surface area contributed by atoms with Crippen LogP contribution in [0.1, 0.15) is 45.0 Å². The third kappa shape index (κ3) is 4.04. The number of hydrogen-bond acceptors (Lipinski definition) is 2. The molecule has 2 unspecified atom stereocenters. The van der Waals surface area contributed by atoms with Crippen LogP contribution in [0.4, 0.5) is 0 Å². The normalized spacial score (nSPS) is 15.2. The molecule has 0 spiro atoms. The van der Waals surface area contributed by atoms with E-state index in [1.54, 1.807) is 6.33 Å². The van der Waals surface area contributed by atoms with Crippen molar-refractivity contribution in [3.63, 3.8) is 0 Å². The van der Waals surface area contributed by atoms with E-state index in [0.29, 0.717) is 6.04 Å². The summed E-state index contributed by atoms with van der Waals surface area (Å²) in [4.78, 5) is 7.36. The first-order valence-corrected chi connectivity index (χ1v) is 5.85. The van der Waals surface area contributed by atoms with Gasteiger partial charge >= 0.3 is 0 Å². The first-order chi connectivity index (χ1) is 7.13. The molecule has 1 aromatic rings. The van der Waals surface area contributed by atoms with Gasteiger partial charge in [0.2, 0.25) is 0 Å². The van der Waals surface area contributed by atoms with E-state index in [4.69, 9.17) is 0 Å². The lowest BCUT2D eigenvalue weighted by atomic mass is 10.0. The Labute approximate surface area is 92.7 Å². The van der Waals surface area contributed by atoms with Gasteiger partial charge in [0.25, 0.3) is 0 Å². The number of aromatic nitrogens is 2. The maximum atomic E-state index is 4.27. The number of aryl methyl sites for hydroxylation is 1. The van der Waals surface area contributed by atoms with Gasteiger partial charge in [0.05, 0.1) is 12.0 Å². The van der Waals surface area contributed by atoms with Crippen molar-refractivity contribution in [1.82, 2.24) is 15.3 Å². The fourth-order valence-electron chi connectivity index (χ4n) is 1.69. The molecule has 0 saturated carbocycles. The second-order valence-electron chi connectivity index (χ2n) is 4.51. The molecule has 0 radical (unpaired) electrons. The zero-order valence-electron chi connectivity index (χ0n) is 10.3. The number of nitrogens with one attached hydrogen (secondary N) is 2. The van der Waals surface area contributed by atoms with Crippen molar-refractivity contribution in [2.45, 2.75) is 53.1 Å². The highest BCUT2D eigenvalue weighted by atomic mass is 15.0. The minimum Gasteiger partial charge on any atom is -0.348 e. The lowest BCUT2D eigenvalue weighted by Crippen LogP contribution is -2.27. The van der Waals surface area contributed by atoms with E-state index in [-0.39, 0.29) is 0 Å². The van der Waals surface area contributed by atoms with Gasteiger partial charge in [0.15, 0.2) is 0 Å². The summed E-state index contributed by atoms with van der Waals surface area (Å²) in [5, 5.41) is 3.51. The standard InChI is InChI=1S/C12H23N3/c1-5-9(2)6-10(3)13-7-12-11(4)14-8-15-12/h8-10,13H,5-7H2,1-4H3,(H,14,15). The molecule has 3 heteroatoms. The van der Waals surface area contributed by atoms with Crippen molar-refractivity contribution < 1.29 is 0 Å². The Balaban J connectivity index is 2.28. The molecule has 86 valence electrons. The number of imidazole rings is 1. The van der Waals surface area contributed by atoms with Crippen LogP contribution < -0.4 is 5.32 Å². The molecule has 0 aliphatic rings. The molecule has 15 heavy (non-hydrogen) atoms. The molecular formula is C12H23N3. The van der Waals surface area contributed by atoms with Crippen LogP contribution in [0.15, 0.2) is 6.33 Å². The molecule has 2 atom stereocenters. The second-order valence-corrected chi connectivity index (χ2v) is 4.51. The van der Waals surface area contributed by atoms with Crippen LogP contribution in [0.2, 0.25) is 0 Å². The van der Waals surface area contributed by atoms with Crippen LogP contribution in [0.25, 0.3) is 0 Å². The topological polar surface area (TPSA) is 40.7 Å². The zero-order valence-corrected chi connectivity index (χ0v) is 10.3. The number of rotatable bonds is 6. The molecule has 3 nitrogen and oxygen atoms in total. The Kier molecular flexibility index (Phi) is 4.82. The lowest BCUT2D eigenvalue weighted by molar-refractivity contribution is 0.410. The number of aromatic amines is 1. The molecule has 0 bridgehead atoms. The minimum atomic E-state index is 0.566. The summed E-state index contributed by atoms with van der Waals surface area (Å²) in [6.07, 6.45) is 4.25. The number of nitrogens with zero attached hydrogens (tertiary/aromatic N) is 1. The molecule has 1 rings (SSSR count). The number of H-pyrrole nitrogens is 1. The molecule has 0 saturated heterocycles. The molecule has 1 heterocycles. The highest BCUT2D eigenvalue weighted by molar-refractivity contribution is 5.08. The van der Waals surface area contributed by atoms with Gasteiger partial charge < -0.3 is 10.3 Å². The SMILES string of the molecule is CCC(C)CC(C)NCc1nc[nH]c1C. The van der Waals surface area contributed by atoms with Crippen LogP contribution in [-0.2, 0) is 6.54 Å². The molecule has 0 aliphatic heterocycles. The van der Waals surface area contributed by atoms with Gasteiger partial charge in [-0.2, -0.15) is 0 Å². The van der Waals surface area contributed by atoms with Gasteiger partial charge in [-0.3, -0.25) is 0 Å². The van der Waals surface area contributed by atoms with E-state index < -0.39 is 0 Å². The van der Waals surface area contributed by atoms with Crippen molar-refractivity contribution in [2.24, 2.45) is 5.92 Å². The highest BCUT2D eigenvalue weighted by Crippen LogP contribution is 2.10. The second kappa shape index (κ2) is 5.91. The van der Waals surface area contributed by atoms with Crippen molar-refractivity contribution >= 4 is 0 Å². The largest absolute Gasteiger partial charge is 0.348 e. The van der Waals surface area contributed by atoms with E-state index in [1.807, 2.05) is 0 Å². The average molecular weight is 209 g/mol. The molecule has 0 aromatic carbocycles. The maximum absolute atomic E-state index is 4.27. The van der Waals surface area contributed by atoms with Crippen molar-refractivity contribution in [3.05, 3.63) is 17.7 Å². The zero-order chi connectivity index (χ0) is 11.3. The maximum Gasteiger partial charge on any atom is 0.0925 e. The Morgan fingerprint density at radius 2 is 2.20 bits per heavy atom. The average Bonchev–Trinajstić information content (AvgIpc) is 2.61. The summed E-state index contributed by atoms with van der Waals surface area (Å²) in [6, 6.07) is 0.566. The van der Waals surface area contributed by atoms with E-state index in [0.717, 1.165) is 18.2 Å². The monoisotopic (exact) mass is 209 g/mol. The summed E-state index contributed by atoms with van der Waals surface area (Å²) in [5.74, 6) is 0.799. The summed E-state index contributed by atoms with van der Waals surface area (Å²) >= 11 is 0. The van der Waals surface area contributed by atoms with Crippen LogP contribution >= 0.6 is 0 Å². The smallest absolute Gasteiger partial charge is 0.0925 e. The van der Waals surface area contributed by atoms with Crippen molar-refractivity contribution in [1.29, 1.82) is 0 Å². The molecule has 0 aliphatic carbocycles. The minimum absolute atomic E-state index is 0.566. The summed E-state index contributed by atoms with van der Waals surface area (Å²) < 4.78 is 0. The van der Waals surface area contributed by atoms with Gasteiger partial charge in [-0.1, -0.05) is 20.3 Å². The van der Waals surface area contributed by atoms with Gasteiger partial charge in [0, 0.05) is 18.3 Å². The molecule has 0 fully saturated rings. The first kappa shape index (κ1) is 12.2. The van der Waals surface area contributed by atoms with Crippen molar-refractivity contribution in [2.75, 3.05) is 0 Å². The van der Waals surface area contributed by atoms with Crippen molar-refractivity contribution in [3.8, 4) is 0 Å². The first-order valence-electron chi connectivity index (χ1n) is 5.85. The summed E-state index contributed by atoms with van der Waals surface area (Å²) in [5.41, 5.74) is 2.30. The highest BCUT2D eigenvalue weighted by Gasteiger charge is 2.07. The fourth-order valence-corrected chi connectivity index (χ4v) is 1.69. The van der Waals surface area contributed by atoms with E-state index in [2.05, 4.69) is 43.0 Å². The van der Waals surface area contributed by atoms with Crippen LogP contribution in [0.5, 0.6) is 0 Å². The lowest BCUT2D eigenvalue weighted by Gasteiger charge is -2.17. The molecule has 1 aromatic heterocycles. The van der Waals surface area contributed by atoms with Gasteiger partial charge in [-0.15, -0.1) is 0 Å². The summed E-state index contributed by atoms with van der Waals surface area (Å²) in [6.45, 7) is 9.72.